The Morgan fingerprint density at radius 1 is 1.09 bits per heavy atom. The number of esters is 1. The first kappa shape index (κ1) is 24.5. The normalized spacial score (nSPS) is 11.9. The number of anilines is 1. The van der Waals surface area contributed by atoms with E-state index < -0.39 is 22.9 Å². The lowest BCUT2D eigenvalue weighted by atomic mass is 9.87. The molecule has 0 saturated carbocycles. The summed E-state index contributed by atoms with van der Waals surface area (Å²) in [6.45, 7) is 7.69. The largest absolute Gasteiger partial charge is 0.452 e. The van der Waals surface area contributed by atoms with Gasteiger partial charge >= 0.3 is 5.97 Å². The van der Waals surface area contributed by atoms with E-state index in [1.165, 1.54) is 31.2 Å². The third-order valence-electron chi connectivity index (χ3n) is 4.63. The minimum atomic E-state index is -1.11. The summed E-state index contributed by atoms with van der Waals surface area (Å²) < 4.78 is 5.07. The van der Waals surface area contributed by atoms with Gasteiger partial charge in [-0.1, -0.05) is 39.0 Å². The first-order valence-corrected chi connectivity index (χ1v) is 10.1. The average Bonchev–Trinajstić information content (AvgIpc) is 2.73. The zero-order chi connectivity index (χ0) is 23.9. The molecule has 9 nitrogen and oxygen atoms in total. The van der Waals surface area contributed by atoms with Crippen molar-refractivity contribution < 1.29 is 24.0 Å². The lowest BCUT2D eigenvalue weighted by molar-refractivity contribution is -0.384. The number of benzene rings is 2. The molecule has 2 N–H and O–H groups in total. The Morgan fingerprint density at radius 2 is 1.75 bits per heavy atom. The minimum Gasteiger partial charge on any atom is -0.452 e. The average molecular weight is 441 g/mol. The summed E-state index contributed by atoms with van der Waals surface area (Å²) in [7, 11) is 0. The van der Waals surface area contributed by atoms with Crippen molar-refractivity contribution >= 4 is 29.2 Å². The Labute approximate surface area is 186 Å². The highest BCUT2D eigenvalue weighted by Gasteiger charge is 2.19. The minimum absolute atomic E-state index is 0.0169. The van der Waals surface area contributed by atoms with Crippen molar-refractivity contribution in [3.05, 3.63) is 69.8 Å². The van der Waals surface area contributed by atoms with E-state index in [0.29, 0.717) is 5.56 Å². The molecule has 0 saturated heterocycles. The molecule has 0 spiro atoms. The molecule has 0 aromatic heterocycles. The van der Waals surface area contributed by atoms with E-state index >= 15 is 0 Å². The van der Waals surface area contributed by atoms with Gasteiger partial charge in [0.1, 0.15) is 0 Å². The topological polar surface area (TPSA) is 128 Å². The molecular weight excluding hydrogens is 414 g/mol. The number of nitrogens with one attached hydrogen (secondary N) is 2. The number of non-ortho nitro benzene ring substituents is 1. The number of nitrogens with zero attached hydrogens (tertiary/aromatic N) is 1. The zero-order valence-electron chi connectivity index (χ0n) is 18.5. The van der Waals surface area contributed by atoms with Crippen LogP contribution in [-0.4, -0.2) is 35.4 Å². The fourth-order valence-electron chi connectivity index (χ4n) is 2.75. The molecule has 0 radical (unpaired) electrons. The monoisotopic (exact) mass is 441 g/mol. The molecular formula is C23H27N3O6. The zero-order valence-corrected chi connectivity index (χ0v) is 18.5. The highest BCUT2D eigenvalue weighted by molar-refractivity contribution is 5.96. The van der Waals surface area contributed by atoms with E-state index in [-0.39, 0.29) is 35.7 Å². The van der Waals surface area contributed by atoms with Crippen LogP contribution in [-0.2, 0) is 19.7 Å². The predicted molar refractivity (Wildman–Crippen MR) is 119 cm³/mol. The van der Waals surface area contributed by atoms with Crippen molar-refractivity contribution in [2.45, 2.75) is 45.6 Å². The Morgan fingerprint density at radius 3 is 2.34 bits per heavy atom. The fourth-order valence-corrected chi connectivity index (χ4v) is 2.75. The standard InChI is InChI=1S/C23H27N3O6/c1-15(21(28)25-18-6-5-7-19(14-18)26(30)31)32-20(27)12-13-24-22(29)16-8-10-17(11-9-16)23(2,3)4/h5-11,14-15H,12-13H2,1-4H3,(H,24,29)(H,25,28). The molecule has 1 unspecified atom stereocenters. The molecule has 0 aliphatic heterocycles. The molecule has 170 valence electrons. The van der Waals surface area contributed by atoms with E-state index in [1.807, 2.05) is 12.1 Å². The third kappa shape index (κ3) is 7.19. The number of hydrogen-bond acceptors (Lipinski definition) is 6. The van der Waals surface area contributed by atoms with Gasteiger partial charge in [0.2, 0.25) is 0 Å². The van der Waals surface area contributed by atoms with Gasteiger partial charge in [0.15, 0.2) is 6.10 Å². The van der Waals surface area contributed by atoms with Crippen LogP contribution in [0.25, 0.3) is 0 Å². The second kappa shape index (κ2) is 10.5. The van der Waals surface area contributed by atoms with Gasteiger partial charge in [-0.05, 0) is 36.1 Å². The van der Waals surface area contributed by atoms with Gasteiger partial charge in [-0.3, -0.25) is 24.5 Å². The van der Waals surface area contributed by atoms with E-state index in [9.17, 15) is 24.5 Å². The van der Waals surface area contributed by atoms with Crippen molar-refractivity contribution in [2.75, 3.05) is 11.9 Å². The van der Waals surface area contributed by atoms with Gasteiger partial charge < -0.3 is 15.4 Å². The number of nitro groups is 1. The molecule has 2 rings (SSSR count). The van der Waals surface area contributed by atoms with Gasteiger partial charge in [0.05, 0.1) is 11.3 Å². The Kier molecular flexibility index (Phi) is 8.06. The maximum absolute atomic E-state index is 12.2. The number of hydrogen-bond donors (Lipinski definition) is 2. The summed E-state index contributed by atoms with van der Waals surface area (Å²) in [5.41, 5.74) is 1.62. The van der Waals surface area contributed by atoms with Crippen LogP contribution in [0.4, 0.5) is 11.4 Å². The number of carbonyl (C=O) groups is 3. The first-order valence-electron chi connectivity index (χ1n) is 10.1. The van der Waals surface area contributed by atoms with Gasteiger partial charge in [-0.15, -0.1) is 0 Å². The van der Waals surface area contributed by atoms with Gasteiger partial charge in [0.25, 0.3) is 17.5 Å². The van der Waals surface area contributed by atoms with Gasteiger partial charge in [0, 0.05) is 29.9 Å². The molecule has 1 atom stereocenters. The van der Waals surface area contributed by atoms with Crippen molar-refractivity contribution in [2.24, 2.45) is 0 Å². The maximum atomic E-state index is 12.2. The summed E-state index contributed by atoms with van der Waals surface area (Å²) in [4.78, 5) is 46.6. The van der Waals surface area contributed by atoms with Crippen molar-refractivity contribution in [3.63, 3.8) is 0 Å². The quantitative estimate of drug-likeness (QED) is 0.366. The van der Waals surface area contributed by atoms with E-state index in [2.05, 4.69) is 31.4 Å². The molecule has 0 aliphatic rings. The summed E-state index contributed by atoms with van der Waals surface area (Å²) in [6, 6.07) is 12.7. The fraction of sp³-hybridized carbons (Fsp3) is 0.348. The first-order chi connectivity index (χ1) is 15.0. The SMILES string of the molecule is CC(OC(=O)CCNC(=O)c1ccc(C(C)(C)C)cc1)C(=O)Nc1cccc([N+](=O)[O-])c1. The second-order valence-electron chi connectivity index (χ2n) is 8.26. The van der Waals surface area contributed by atoms with E-state index in [0.717, 1.165) is 5.56 Å². The molecule has 0 bridgehead atoms. The Hall–Kier alpha value is -3.75. The summed E-state index contributed by atoms with van der Waals surface area (Å²) in [5.74, 6) is -1.59. The van der Waals surface area contributed by atoms with Gasteiger partial charge in [-0.25, -0.2) is 0 Å². The smallest absolute Gasteiger partial charge is 0.308 e. The van der Waals surface area contributed by atoms with Crippen LogP contribution in [0.3, 0.4) is 0 Å². The molecule has 0 heterocycles. The molecule has 9 heteroatoms. The highest BCUT2D eigenvalue weighted by atomic mass is 16.6. The Bertz CT molecular complexity index is 996. The lowest BCUT2D eigenvalue weighted by Gasteiger charge is -2.19. The van der Waals surface area contributed by atoms with Crippen molar-refractivity contribution in [1.82, 2.24) is 5.32 Å². The summed E-state index contributed by atoms with van der Waals surface area (Å²) in [5, 5.41) is 15.9. The number of ether oxygens (including phenoxy) is 1. The molecule has 2 aromatic carbocycles. The van der Waals surface area contributed by atoms with Crippen molar-refractivity contribution in [3.8, 4) is 0 Å². The molecule has 0 fully saturated rings. The lowest BCUT2D eigenvalue weighted by Crippen LogP contribution is -2.32. The van der Waals surface area contributed by atoms with Crippen LogP contribution in [0.2, 0.25) is 0 Å². The third-order valence-corrected chi connectivity index (χ3v) is 4.63. The van der Waals surface area contributed by atoms with Crippen LogP contribution in [0.15, 0.2) is 48.5 Å². The number of rotatable bonds is 8. The molecule has 2 amide bonds. The van der Waals surface area contributed by atoms with Crippen LogP contribution in [0.5, 0.6) is 0 Å². The highest BCUT2D eigenvalue weighted by Crippen LogP contribution is 2.22. The molecule has 0 aliphatic carbocycles. The summed E-state index contributed by atoms with van der Waals surface area (Å²) in [6.07, 6.45) is -1.22. The number of carbonyl (C=O) groups excluding carboxylic acids is 3. The van der Waals surface area contributed by atoms with Crippen LogP contribution in [0.1, 0.15) is 50.0 Å². The molecule has 2 aromatic rings. The van der Waals surface area contributed by atoms with Crippen LogP contribution < -0.4 is 10.6 Å². The Balaban J connectivity index is 1.78. The van der Waals surface area contributed by atoms with Crippen molar-refractivity contribution in [1.29, 1.82) is 0 Å². The van der Waals surface area contributed by atoms with E-state index in [1.54, 1.807) is 12.1 Å². The maximum Gasteiger partial charge on any atom is 0.308 e. The molecule has 32 heavy (non-hydrogen) atoms. The van der Waals surface area contributed by atoms with E-state index in [4.69, 9.17) is 4.74 Å². The number of amides is 2. The predicted octanol–water partition coefficient (Wildman–Crippen LogP) is 3.58. The number of nitro benzene ring substituents is 1. The van der Waals surface area contributed by atoms with Crippen LogP contribution in [0, 0.1) is 10.1 Å². The second-order valence-corrected chi connectivity index (χ2v) is 8.26. The van der Waals surface area contributed by atoms with Crippen LogP contribution >= 0.6 is 0 Å². The summed E-state index contributed by atoms with van der Waals surface area (Å²) >= 11 is 0. The van der Waals surface area contributed by atoms with Gasteiger partial charge in [-0.2, -0.15) is 0 Å².